The third-order valence-corrected chi connectivity index (χ3v) is 6.56. The molecular weight excluding hydrogens is 259 g/mol. The van der Waals surface area contributed by atoms with E-state index < -0.39 is 12.1 Å². The highest BCUT2D eigenvalue weighted by Gasteiger charge is 2.48. The van der Waals surface area contributed by atoms with Gasteiger partial charge in [-0.25, -0.2) is 0 Å². The van der Waals surface area contributed by atoms with Crippen molar-refractivity contribution in [2.24, 2.45) is 5.92 Å². The van der Waals surface area contributed by atoms with Crippen molar-refractivity contribution in [1.82, 2.24) is 5.32 Å². The summed E-state index contributed by atoms with van der Waals surface area (Å²) in [5.41, 5.74) is 0. The first-order chi connectivity index (χ1) is 8.54. The highest BCUT2D eigenvalue weighted by Crippen LogP contribution is 2.46. The lowest BCUT2D eigenvalue weighted by molar-refractivity contribution is -0.183. The van der Waals surface area contributed by atoms with Crippen molar-refractivity contribution in [3.8, 4) is 0 Å². The molecule has 0 amide bonds. The maximum Gasteiger partial charge on any atom is 0.391 e. The van der Waals surface area contributed by atoms with Crippen molar-refractivity contribution >= 4 is 11.8 Å². The van der Waals surface area contributed by atoms with Crippen LogP contribution in [0.4, 0.5) is 13.2 Å². The summed E-state index contributed by atoms with van der Waals surface area (Å²) < 4.78 is 38.4. The van der Waals surface area contributed by atoms with Crippen LogP contribution in [0.5, 0.6) is 0 Å². The molecule has 0 aromatic heterocycles. The number of halogens is 3. The normalized spacial score (nSPS) is 45.2. The lowest BCUT2D eigenvalue weighted by atomic mass is 9.83. The summed E-state index contributed by atoms with van der Waals surface area (Å²) in [5, 5.41) is 4.61. The van der Waals surface area contributed by atoms with Crippen molar-refractivity contribution in [3.05, 3.63) is 0 Å². The van der Waals surface area contributed by atoms with Gasteiger partial charge in [-0.1, -0.05) is 12.8 Å². The largest absolute Gasteiger partial charge is 0.391 e. The highest BCUT2D eigenvalue weighted by molar-refractivity contribution is 8.00. The fourth-order valence-electron chi connectivity index (χ4n) is 3.73. The van der Waals surface area contributed by atoms with Crippen LogP contribution in [0.2, 0.25) is 0 Å². The van der Waals surface area contributed by atoms with Gasteiger partial charge < -0.3 is 5.32 Å². The fourth-order valence-corrected chi connectivity index (χ4v) is 5.54. The Labute approximate surface area is 110 Å². The molecule has 3 fully saturated rings. The van der Waals surface area contributed by atoms with E-state index in [9.17, 15) is 13.2 Å². The second kappa shape index (κ2) is 4.89. The quantitative estimate of drug-likeness (QED) is 0.725. The lowest BCUT2D eigenvalue weighted by Crippen LogP contribution is -2.57. The van der Waals surface area contributed by atoms with Crippen LogP contribution >= 0.6 is 11.8 Å². The minimum absolute atomic E-state index is 0.0923. The predicted octanol–water partition coefficient (Wildman–Crippen LogP) is 3.73. The minimum Gasteiger partial charge on any atom is -0.309 e. The van der Waals surface area contributed by atoms with Crippen LogP contribution in [-0.4, -0.2) is 28.8 Å². The zero-order chi connectivity index (χ0) is 12.8. The third-order valence-electron chi connectivity index (χ3n) is 4.73. The second-order valence-electron chi connectivity index (χ2n) is 5.93. The first-order valence-corrected chi connectivity index (χ1v) is 7.96. The third kappa shape index (κ3) is 2.53. The van der Waals surface area contributed by atoms with E-state index in [0.29, 0.717) is 29.4 Å². The van der Waals surface area contributed by atoms with E-state index in [1.807, 2.05) is 11.8 Å². The van der Waals surface area contributed by atoms with Crippen LogP contribution in [0.1, 0.15) is 44.9 Å². The number of fused-ring (bicyclic) bond motifs is 2. The van der Waals surface area contributed by atoms with E-state index in [1.165, 1.54) is 19.3 Å². The molecule has 1 aliphatic heterocycles. The molecule has 18 heavy (non-hydrogen) atoms. The van der Waals surface area contributed by atoms with Gasteiger partial charge in [0.1, 0.15) is 0 Å². The zero-order valence-corrected chi connectivity index (χ0v) is 11.2. The zero-order valence-electron chi connectivity index (χ0n) is 10.4. The molecule has 3 aliphatic rings. The SMILES string of the molecule is FC(F)(F)C1CCC2SC3CCCCC3NC2C1. The summed E-state index contributed by atoms with van der Waals surface area (Å²) in [5.74, 6) is -1.08. The van der Waals surface area contributed by atoms with Gasteiger partial charge in [0.25, 0.3) is 0 Å². The molecule has 2 aliphatic carbocycles. The van der Waals surface area contributed by atoms with Crippen molar-refractivity contribution in [1.29, 1.82) is 0 Å². The Bertz CT molecular complexity index is 307. The number of rotatable bonds is 0. The second-order valence-corrected chi connectivity index (χ2v) is 7.41. The smallest absolute Gasteiger partial charge is 0.309 e. The van der Waals surface area contributed by atoms with E-state index in [4.69, 9.17) is 0 Å². The molecule has 1 N–H and O–H groups in total. The molecule has 0 radical (unpaired) electrons. The van der Waals surface area contributed by atoms with Crippen LogP contribution in [0.3, 0.4) is 0 Å². The van der Waals surface area contributed by atoms with Gasteiger partial charge in [0.15, 0.2) is 0 Å². The molecule has 2 saturated carbocycles. The van der Waals surface area contributed by atoms with Gasteiger partial charge in [-0.2, -0.15) is 24.9 Å². The van der Waals surface area contributed by atoms with Crippen LogP contribution in [0.15, 0.2) is 0 Å². The Balaban J connectivity index is 1.65. The van der Waals surface area contributed by atoms with Gasteiger partial charge in [0.2, 0.25) is 0 Å². The Kier molecular flexibility index (Phi) is 3.56. The molecule has 3 rings (SSSR count). The Hall–Kier alpha value is 0.1000. The lowest BCUT2D eigenvalue weighted by Gasteiger charge is -2.48. The van der Waals surface area contributed by atoms with Crippen molar-refractivity contribution in [2.45, 2.75) is 73.7 Å². The molecule has 1 nitrogen and oxygen atoms in total. The number of hydrogen-bond donors (Lipinski definition) is 1. The van der Waals surface area contributed by atoms with Crippen LogP contribution in [-0.2, 0) is 0 Å². The van der Waals surface area contributed by atoms with Gasteiger partial charge in [-0.15, -0.1) is 0 Å². The Morgan fingerprint density at radius 1 is 0.889 bits per heavy atom. The summed E-state index contributed by atoms with van der Waals surface area (Å²) >= 11 is 1.98. The first kappa shape index (κ1) is 13.1. The molecule has 0 bridgehead atoms. The van der Waals surface area contributed by atoms with E-state index in [1.54, 1.807) is 0 Å². The van der Waals surface area contributed by atoms with Gasteiger partial charge in [0.05, 0.1) is 5.92 Å². The van der Waals surface area contributed by atoms with E-state index in [2.05, 4.69) is 5.32 Å². The maximum atomic E-state index is 12.8. The molecule has 5 heteroatoms. The van der Waals surface area contributed by atoms with Gasteiger partial charge in [-0.3, -0.25) is 0 Å². The summed E-state index contributed by atoms with van der Waals surface area (Å²) in [4.78, 5) is 0. The van der Waals surface area contributed by atoms with Crippen molar-refractivity contribution < 1.29 is 13.2 Å². The summed E-state index contributed by atoms with van der Waals surface area (Å²) in [6.45, 7) is 0. The highest BCUT2D eigenvalue weighted by atomic mass is 32.2. The Morgan fingerprint density at radius 3 is 2.39 bits per heavy atom. The minimum atomic E-state index is -4.00. The molecule has 1 heterocycles. The number of thioether (sulfide) groups is 1. The predicted molar refractivity (Wildman–Crippen MR) is 67.7 cm³/mol. The molecular formula is C13H20F3NS. The van der Waals surface area contributed by atoms with Gasteiger partial charge in [-0.05, 0) is 32.1 Å². The maximum absolute atomic E-state index is 12.8. The summed E-state index contributed by atoms with van der Waals surface area (Å²) in [6, 6.07) is 0.562. The van der Waals surface area contributed by atoms with E-state index in [0.717, 1.165) is 12.8 Å². The average Bonchev–Trinajstić information content (AvgIpc) is 2.34. The first-order valence-electron chi connectivity index (χ1n) is 7.02. The molecule has 5 unspecified atom stereocenters. The molecule has 0 spiro atoms. The monoisotopic (exact) mass is 279 g/mol. The van der Waals surface area contributed by atoms with E-state index in [-0.39, 0.29) is 6.04 Å². The fraction of sp³-hybridized carbons (Fsp3) is 1.00. The van der Waals surface area contributed by atoms with Crippen molar-refractivity contribution in [2.75, 3.05) is 0 Å². The number of hydrogen-bond acceptors (Lipinski definition) is 2. The average molecular weight is 279 g/mol. The topological polar surface area (TPSA) is 12.0 Å². The molecule has 5 atom stereocenters. The van der Waals surface area contributed by atoms with Crippen LogP contribution in [0.25, 0.3) is 0 Å². The summed E-state index contributed by atoms with van der Waals surface area (Å²) in [6.07, 6.45) is 2.27. The van der Waals surface area contributed by atoms with Gasteiger partial charge in [0, 0.05) is 22.6 Å². The van der Waals surface area contributed by atoms with E-state index >= 15 is 0 Å². The standard InChI is InChI=1S/C13H20F3NS/c14-13(15,16)8-5-6-12-10(7-8)17-9-3-1-2-4-11(9)18-12/h8-12,17H,1-7H2. The van der Waals surface area contributed by atoms with Crippen LogP contribution in [0, 0.1) is 5.92 Å². The molecule has 1 saturated heterocycles. The molecule has 104 valence electrons. The molecule has 0 aromatic rings. The van der Waals surface area contributed by atoms with Crippen molar-refractivity contribution in [3.63, 3.8) is 0 Å². The Morgan fingerprint density at radius 2 is 1.61 bits per heavy atom. The van der Waals surface area contributed by atoms with Crippen LogP contribution < -0.4 is 5.32 Å². The molecule has 0 aromatic carbocycles. The van der Waals surface area contributed by atoms with Gasteiger partial charge >= 0.3 is 6.18 Å². The summed E-state index contributed by atoms with van der Waals surface area (Å²) in [7, 11) is 0. The number of nitrogens with one attached hydrogen (secondary N) is 1. The number of alkyl halides is 3.